The van der Waals surface area contributed by atoms with Crippen LogP contribution in [0.2, 0.25) is 10.0 Å². The van der Waals surface area contributed by atoms with E-state index in [-0.39, 0.29) is 12.1 Å². The lowest BCUT2D eigenvalue weighted by atomic mass is 9.96. The van der Waals surface area contributed by atoms with Gasteiger partial charge in [-0.25, -0.2) is 0 Å². The summed E-state index contributed by atoms with van der Waals surface area (Å²) < 4.78 is 2.17. The molecule has 7 heteroatoms. The van der Waals surface area contributed by atoms with Gasteiger partial charge in [-0.3, -0.25) is 4.98 Å². The van der Waals surface area contributed by atoms with Crippen molar-refractivity contribution < 1.29 is 0 Å². The molecule has 0 aliphatic carbocycles. The Bertz CT molecular complexity index is 1080. The largest absolute Gasteiger partial charge is 0.352 e. The number of nitrogens with one attached hydrogen (secondary N) is 1. The van der Waals surface area contributed by atoms with Crippen LogP contribution >= 0.6 is 35.4 Å². The number of hydrogen-bond donors (Lipinski definition) is 1. The molecule has 0 spiro atoms. The molecular formula is C23H24Cl2N4S. The van der Waals surface area contributed by atoms with Crippen LogP contribution in [0.15, 0.2) is 48.7 Å². The maximum atomic E-state index is 6.56. The second kappa shape index (κ2) is 8.58. The fourth-order valence-corrected chi connectivity index (χ4v) is 5.06. The Kier molecular flexibility index (Phi) is 6.05. The van der Waals surface area contributed by atoms with Gasteiger partial charge in [0, 0.05) is 24.1 Å². The fraction of sp³-hybridized carbons (Fsp3) is 0.304. The molecule has 0 bridgehead atoms. The minimum atomic E-state index is -0.0194. The zero-order chi connectivity index (χ0) is 21.4. The van der Waals surface area contributed by atoms with E-state index in [1.165, 1.54) is 5.56 Å². The topological polar surface area (TPSA) is 33.1 Å². The van der Waals surface area contributed by atoms with Gasteiger partial charge in [0.2, 0.25) is 0 Å². The minimum Gasteiger partial charge on any atom is -0.352 e. The molecule has 4 rings (SSSR count). The number of pyridine rings is 1. The van der Waals surface area contributed by atoms with E-state index in [1.807, 2.05) is 36.5 Å². The molecule has 156 valence electrons. The predicted octanol–water partition coefficient (Wildman–Crippen LogP) is 6.18. The molecule has 0 radical (unpaired) electrons. The van der Waals surface area contributed by atoms with Crippen LogP contribution in [0.5, 0.6) is 0 Å². The molecule has 4 nitrogen and oxygen atoms in total. The summed E-state index contributed by atoms with van der Waals surface area (Å²) in [6.07, 6.45) is 2.83. The van der Waals surface area contributed by atoms with Crippen molar-refractivity contribution in [2.75, 3.05) is 6.54 Å². The maximum absolute atomic E-state index is 6.56. The molecule has 1 aliphatic rings. The van der Waals surface area contributed by atoms with E-state index in [9.17, 15) is 0 Å². The standard InChI is InChI=1S/C23H24Cl2N4S/c1-4-12-28-22(21(27-23(28)30)18-9-5-6-11-26-18)16-13-14(2)29(15(16)3)19-10-7-8-17(24)20(19)25/h5-11,13,21-22H,4,12H2,1-3H3,(H,27,30)/t21-,22+/m0/s1. The van der Waals surface area contributed by atoms with Crippen LogP contribution in [0.25, 0.3) is 5.69 Å². The SMILES string of the molecule is CCCN1C(=S)N[C@@H](c2ccccn2)[C@H]1c1cc(C)n(-c2cccc(Cl)c2Cl)c1C. The zero-order valence-corrected chi connectivity index (χ0v) is 19.5. The molecule has 1 saturated heterocycles. The minimum absolute atomic E-state index is 0.0194. The van der Waals surface area contributed by atoms with Gasteiger partial charge in [0.1, 0.15) is 0 Å². The predicted molar refractivity (Wildman–Crippen MR) is 128 cm³/mol. The van der Waals surface area contributed by atoms with Crippen molar-refractivity contribution in [3.63, 3.8) is 0 Å². The van der Waals surface area contributed by atoms with Crippen molar-refractivity contribution in [2.24, 2.45) is 0 Å². The smallest absolute Gasteiger partial charge is 0.170 e. The van der Waals surface area contributed by atoms with Gasteiger partial charge >= 0.3 is 0 Å². The summed E-state index contributed by atoms with van der Waals surface area (Å²) >= 11 is 18.6. The van der Waals surface area contributed by atoms with E-state index in [0.29, 0.717) is 10.0 Å². The second-order valence-electron chi connectivity index (χ2n) is 7.55. The molecule has 0 amide bonds. The molecule has 1 fully saturated rings. The van der Waals surface area contributed by atoms with Gasteiger partial charge in [0.05, 0.1) is 33.5 Å². The van der Waals surface area contributed by atoms with Crippen LogP contribution < -0.4 is 5.32 Å². The Morgan fingerprint density at radius 1 is 1.13 bits per heavy atom. The van der Waals surface area contributed by atoms with Gasteiger partial charge in [-0.15, -0.1) is 0 Å². The van der Waals surface area contributed by atoms with E-state index in [2.05, 4.69) is 52.7 Å². The summed E-state index contributed by atoms with van der Waals surface area (Å²) in [5.74, 6) is 0. The molecule has 0 unspecified atom stereocenters. The lowest BCUT2D eigenvalue weighted by Crippen LogP contribution is -2.30. The first-order valence-corrected chi connectivity index (χ1v) is 11.2. The van der Waals surface area contributed by atoms with Crippen molar-refractivity contribution >= 4 is 40.5 Å². The third kappa shape index (κ3) is 3.59. The molecule has 2 aromatic heterocycles. The fourth-order valence-electron chi connectivity index (χ4n) is 4.35. The van der Waals surface area contributed by atoms with Gasteiger partial charge in [-0.05, 0) is 68.4 Å². The van der Waals surface area contributed by atoms with E-state index >= 15 is 0 Å². The van der Waals surface area contributed by atoms with Crippen LogP contribution in [0, 0.1) is 13.8 Å². The van der Waals surface area contributed by atoms with Gasteiger partial charge in [0.25, 0.3) is 0 Å². The number of benzene rings is 1. The molecule has 0 saturated carbocycles. The summed E-state index contributed by atoms with van der Waals surface area (Å²) in [6, 6.07) is 14.0. The number of aromatic nitrogens is 2. The Hall–Kier alpha value is -2.08. The van der Waals surface area contributed by atoms with Crippen LogP contribution in [-0.2, 0) is 0 Å². The third-order valence-electron chi connectivity index (χ3n) is 5.62. The van der Waals surface area contributed by atoms with Gasteiger partial charge < -0.3 is 14.8 Å². The van der Waals surface area contributed by atoms with Crippen molar-refractivity contribution in [2.45, 2.75) is 39.3 Å². The highest BCUT2D eigenvalue weighted by atomic mass is 35.5. The molecular weight excluding hydrogens is 435 g/mol. The van der Waals surface area contributed by atoms with E-state index < -0.39 is 0 Å². The highest BCUT2D eigenvalue weighted by Crippen LogP contribution is 2.42. The summed E-state index contributed by atoms with van der Waals surface area (Å²) in [5, 5.41) is 5.38. The Morgan fingerprint density at radius 3 is 2.63 bits per heavy atom. The van der Waals surface area contributed by atoms with Crippen LogP contribution in [0.3, 0.4) is 0 Å². The van der Waals surface area contributed by atoms with Crippen molar-refractivity contribution in [1.82, 2.24) is 19.8 Å². The monoisotopic (exact) mass is 458 g/mol. The second-order valence-corrected chi connectivity index (χ2v) is 8.73. The highest BCUT2D eigenvalue weighted by Gasteiger charge is 2.41. The number of nitrogens with zero attached hydrogens (tertiary/aromatic N) is 3. The average molecular weight is 459 g/mol. The Balaban J connectivity index is 1.86. The molecule has 1 aromatic carbocycles. The Morgan fingerprint density at radius 2 is 1.93 bits per heavy atom. The molecule has 3 aromatic rings. The number of thiocarbonyl (C=S) groups is 1. The molecule has 3 heterocycles. The van der Waals surface area contributed by atoms with Crippen LogP contribution in [0.1, 0.15) is 48.1 Å². The van der Waals surface area contributed by atoms with Crippen molar-refractivity contribution in [3.8, 4) is 5.69 Å². The van der Waals surface area contributed by atoms with Gasteiger partial charge in [0.15, 0.2) is 5.11 Å². The third-order valence-corrected chi connectivity index (χ3v) is 6.78. The maximum Gasteiger partial charge on any atom is 0.170 e. The lowest BCUT2D eigenvalue weighted by molar-refractivity contribution is 0.316. The molecule has 1 aliphatic heterocycles. The number of hydrogen-bond acceptors (Lipinski definition) is 2. The molecule has 2 atom stereocenters. The average Bonchev–Trinajstić information content (AvgIpc) is 3.21. The number of halogens is 2. The Labute approximate surface area is 192 Å². The van der Waals surface area contributed by atoms with Crippen molar-refractivity contribution in [3.05, 3.63) is 81.4 Å². The number of rotatable bonds is 5. The normalized spacial score (nSPS) is 18.7. The lowest BCUT2D eigenvalue weighted by Gasteiger charge is -2.28. The van der Waals surface area contributed by atoms with Gasteiger partial charge in [-0.2, -0.15) is 0 Å². The summed E-state index contributed by atoms with van der Waals surface area (Å²) in [4.78, 5) is 6.89. The first kappa shape index (κ1) is 21.2. The molecule has 30 heavy (non-hydrogen) atoms. The highest BCUT2D eigenvalue weighted by molar-refractivity contribution is 7.80. The van der Waals surface area contributed by atoms with E-state index in [0.717, 1.165) is 40.8 Å². The summed E-state index contributed by atoms with van der Waals surface area (Å²) in [7, 11) is 0. The van der Waals surface area contributed by atoms with Crippen molar-refractivity contribution in [1.29, 1.82) is 0 Å². The van der Waals surface area contributed by atoms with E-state index in [1.54, 1.807) is 0 Å². The first-order valence-electron chi connectivity index (χ1n) is 10.0. The molecule has 1 N–H and O–H groups in total. The van der Waals surface area contributed by atoms with Crippen LogP contribution in [-0.4, -0.2) is 26.1 Å². The first-order chi connectivity index (χ1) is 14.4. The van der Waals surface area contributed by atoms with E-state index in [4.69, 9.17) is 35.4 Å². The number of aryl methyl sites for hydroxylation is 1. The summed E-state index contributed by atoms with van der Waals surface area (Å²) in [6.45, 7) is 7.26. The van der Waals surface area contributed by atoms with Gasteiger partial charge in [-0.1, -0.05) is 42.3 Å². The quantitative estimate of drug-likeness (QED) is 0.462. The van der Waals surface area contributed by atoms with Crippen LogP contribution in [0.4, 0.5) is 0 Å². The summed E-state index contributed by atoms with van der Waals surface area (Å²) in [5.41, 5.74) is 5.29. The zero-order valence-electron chi connectivity index (χ0n) is 17.2.